The highest BCUT2D eigenvalue weighted by molar-refractivity contribution is 6.39. The molecule has 0 atom stereocenters. The first-order valence-corrected chi connectivity index (χ1v) is 8.66. The molecule has 4 aromatic carbocycles. The third-order valence-electron chi connectivity index (χ3n) is 5.01. The molecular weight excluding hydrogens is 348 g/mol. The van der Waals surface area contributed by atoms with Crippen LogP contribution < -0.4 is 0 Å². The normalized spacial score (nSPS) is 12.2. The minimum Gasteiger partial charge on any atom is -0.507 e. The van der Waals surface area contributed by atoms with Crippen LogP contribution in [0.15, 0.2) is 69.5 Å². The third kappa shape index (κ3) is 1.68. The van der Waals surface area contributed by atoms with Gasteiger partial charge in [0.1, 0.15) is 22.5 Å². The Balaban J connectivity index is 1.90. The van der Waals surface area contributed by atoms with Crippen molar-refractivity contribution in [2.45, 2.75) is 0 Å². The molecule has 0 saturated heterocycles. The van der Waals surface area contributed by atoms with Gasteiger partial charge in [-0.25, -0.2) is 0 Å². The molecule has 0 spiro atoms. The summed E-state index contributed by atoms with van der Waals surface area (Å²) in [5, 5.41) is 16.2. The molecule has 1 N–H and O–H groups in total. The van der Waals surface area contributed by atoms with Crippen LogP contribution in [0.2, 0.25) is 5.02 Å². The Kier molecular flexibility index (Phi) is 2.55. The summed E-state index contributed by atoms with van der Waals surface area (Å²) in [5.74, 6) is 0.238. The zero-order chi connectivity index (χ0) is 17.4. The molecule has 0 bridgehead atoms. The molecule has 3 nitrogen and oxygen atoms in total. The standard InChI is InChI=1S/C22H11ClO3/c23-16-9-15-14-8-11-4-3-6-17(24)13(11)10-19(14)26-21(15)20-12-5-1-2-7-18(12)25-22(16)20/h1-10,24H. The molecule has 0 aliphatic rings. The van der Waals surface area contributed by atoms with Crippen molar-refractivity contribution in [2.24, 2.45) is 0 Å². The summed E-state index contributed by atoms with van der Waals surface area (Å²) >= 11 is 6.53. The van der Waals surface area contributed by atoms with E-state index in [2.05, 4.69) is 0 Å². The molecule has 0 radical (unpaired) electrons. The monoisotopic (exact) mass is 358 g/mol. The van der Waals surface area contributed by atoms with Crippen LogP contribution in [0.25, 0.3) is 54.6 Å². The molecule has 2 aromatic heterocycles. The van der Waals surface area contributed by atoms with Crippen LogP contribution in [0.1, 0.15) is 0 Å². The van der Waals surface area contributed by atoms with Gasteiger partial charge in [-0.3, -0.25) is 0 Å². The van der Waals surface area contributed by atoms with Gasteiger partial charge in [0.15, 0.2) is 5.58 Å². The van der Waals surface area contributed by atoms with Gasteiger partial charge >= 0.3 is 0 Å². The largest absolute Gasteiger partial charge is 0.507 e. The molecule has 0 saturated carbocycles. The summed E-state index contributed by atoms with van der Waals surface area (Å²) in [5.41, 5.74) is 2.87. The minimum absolute atomic E-state index is 0.238. The van der Waals surface area contributed by atoms with Crippen LogP contribution in [-0.4, -0.2) is 5.11 Å². The van der Waals surface area contributed by atoms with Gasteiger partial charge in [-0.1, -0.05) is 41.9 Å². The Bertz CT molecular complexity index is 1500. The molecule has 6 aromatic rings. The highest BCUT2D eigenvalue weighted by atomic mass is 35.5. The smallest absolute Gasteiger partial charge is 0.157 e. The summed E-state index contributed by atoms with van der Waals surface area (Å²) in [4.78, 5) is 0. The maximum atomic E-state index is 10.2. The van der Waals surface area contributed by atoms with Crippen LogP contribution in [0.5, 0.6) is 5.75 Å². The van der Waals surface area contributed by atoms with E-state index in [9.17, 15) is 5.11 Å². The predicted octanol–water partition coefficient (Wildman–Crippen LogP) is 7.00. The lowest BCUT2D eigenvalue weighted by atomic mass is 10.0. The lowest BCUT2D eigenvalue weighted by molar-refractivity contribution is 0.481. The number of hydrogen-bond donors (Lipinski definition) is 1. The van der Waals surface area contributed by atoms with Gasteiger partial charge in [0.2, 0.25) is 0 Å². The summed E-state index contributed by atoms with van der Waals surface area (Å²) < 4.78 is 12.2. The molecular formula is C22H11ClO3. The average molecular weight is 359 g/mol. The number of phenols is 1. The van der Waals surface area contributed by atoms with Crippen molar-refractivity contribution in [2.75, 3.05) is 0 Å². The average Bonchev–Trinajstić information content (AvgIpc) is 3.19. The molecule has 124 valence electrons. The van der Waals surface area contributed by atoms with Crippen LogP contribution in [-0.2, 0) is 0 Å². The first kappa shape index (κ1) is 14.0. The van der Waals surface area contributed by atoms with Crippen molar-refractivity contribution in [3.63, 3.8) is 0 Å². The highest BCUT2D eigenvalue weighted by Gasteiger charge is 2.19. The lowest BCUT2D eigenvalue weighted by Gasteiger charge is -2.00. The van der Waals surface area contributed by atoms with Gasteiger partial charge in [-0.15, -0.1) is 0 Å². The van der Waals surface area contributed by atoms with Crippen LogP contribution in [0.3, 0.4) is 0 Å². The lowest BCUT2D eigenvalue weighted by Crippen LogP contribution is -1.75. The Hall–Kier alpha value is -3.17. The van der Waals surface area contributed by atoms with Gasteiger partial charge < -0.3 is 13.9 Å². The van der Waals surface area contributed by atoms with Crippen LogP contribution in [0.4, 0.5) is 0 Å². The molecule has 0 aliphatic carbocycles. The fourth-order valence-corrected chi connectivity index (χ4v) is 4.07. The Morgan fingerprint density at radius 3 is 2.46 bits per heavy atom. The zero-order valence-electron chi connectivity index (χ0n) is 13.4. The van der Waals surface area contributed by atoms with E-state index in [1.165, 1.54) is 0 Å². The van der Waals surface area contributed by atoms with Crippen molar-refractivity contribution in [3.05, 3.63) is 65.7 Å². The maximum absolute atomic E-state index is 10.2. The van der Waals surface area contributed by atoms with Crippen LogP contribution >= 0.6 is 11.6 Å². The summed E-state index contributed by atoms with van der Waals surface area (Å²) in [6.07, 6.45) is 0. The van der Waals surface area contributed by atoms with E-state index >= 15 is 0 Å². The second kappa shape index (κ2) is 4.71. The number of fused-ring (bicyclic) bond motifs is 8. The molecule has 0 aliphatic heterocycles. The SMILES string of the molecule is Oc1cccc2cc3c(cc12)oc1c3cc(Cl)c2oc3ccccc3c21. The number of halogens is 1. The third-order valence-corrected chi connectivity index (χ3v) is 5.30. The van der Waals surface area contributed by atoms with Gasteiger partial charge in [0.05, 0.1) is 10.4 Å². The molecule has 26 heavy (non-hydrogen) atoms. The first-order valence-electron chi connectivity index (χ1n) is 8.28. The van der Waals surface area contributed by atoms with Crippen molar-refractivity contribution < 1.29 is 13.9 Å². The number of phenolic OH excluding ortho intramolecular Hbond substituents is 1. The Morgan fingerprint density at radius 2 is 1.54 bits per heavy atom. The van der Waals surface area contributed by atoms with Gasteiger partial charge in [-0.05, 0) is 35.7 Å². The van der Waals surface area contributed by atoms with Gasteiger partial charge in [0.25, 0.3) is 0 Å². The molecule has 0 unspecified atom stereocenters. The van der Waals surface area contributed by atoms with Crippen molar-refractivity contribution >= 4 is 66.3 Å². The highest BCUT2D eigenvalue weighted by Crippen LogP contribution is 2.43. The van der Waals surface area contributed by atoms with E-state index in [1.807, 2.05) is 54.6 Å². The number of benzene rings is 4. The molecule has 6 rings (SSSR count). The van der Waals surface area contributed by atoms with Crippen LogP contribution in [0, 0.1) is 0 Å². The number of hydrogen-bond acceptors (Lipinski definition) is 3. The van der Waals surface area contributed by atoms with Crippen molar-refractivity contribution in [1.29, 1.82) is 0 Å². The van der Waals surface area contributed by atoms with E-state index in [0.29, 0.717) is 16.2 Å². The van der Waals surface area contributed by atoms with E-state index in [1.54, 1.807) is 6.07 Å². The fraction of sp³-hybridized carbons (Fsp3) is 0. The number of rotatable bonds is 0. The molecule has 0 fully saturated rings. The first-order chi connectivity index (χ1) is 12.7. The quantitative estimate of drug-likeness (QED) is 0.318. The van der Waals surface area contributed by atoms with Gasteiger partial charge in [0, 0.05) is 21.5 Å². The van der Waals surface area contributed by atoms with E-state index in [-0.39, 0.29) is 5.75 Å². The number of furan rings is 2. The second-order valence-electron chi connectivity index (χ2n) is 6.49. The number of aromatic hydroxyl groups is 1. The Morgan fingerprint density at radius 1 is 0.692 bits per heavy atom. The summed E-state index contributed by atoms with van der Waals surface area (Å²) in [6.45, 7) is 0. The zero-order valence-corrected chi connectivity index (χ0v) is 14.2. The van der Waals surface area contributed by atoms with Gasteiger partial charge in [-0.2, -0.15) is 0 Å². The van der Waals surface area contributed by atoms with E-state index < -0.39 is 0 Å². The second-order valence-corrected chi connectivity index (χ2v) is 6.89. The molecule has 0 amide bonds. The predicted molar refractivity (Wildman–Crippen MR) is 105 cm³/mol. The van der Waals surface area contributed by atoms with Crippen molar-refractivity contribution in [1.82, 2.24) is 0 Å². The molecule has 4 heteroatoms. The Labute approximate surface area is 152 Å². The van der Waals surface area contributed by atoms with E-state index in [4.69, 9.17) is 20.4 Å². The number of para-hydroxylation sites is 1. The maximum Gasteiger partial charge on any atom is 0.157 e. The summed E-state index contributed by atoms with van der Waals surface area (Å²) in [7, 11) is 0. The van der Waals surface area contributed by atoms with E-state index in [0.717, 1.165) is 43.5 Å². The summed E-state index contributed by atoms with van der Waals surface area (Å²) in [6, 6.07) is 19.1. The van der Waals surface area contributed by atoms with Crippen molar-refractivity contribution in [3.8, 4) is 5.75 Å². The molecule has 2 heterocycles. The topological polar surface area (TPSA) is 46.5 Å². The fourth-order valence-electron chi connectivity index (χ4n) is 3.83. The minimum atomic E-state index is 0.238.